The molecule has 6 heteroatoms. The number of unbranched alkanes of at least 4 members (excludes halogenated alkanes) is 2. The molecule has 1 N–H and O–H groups in total. The second-order valence-corrected chi connectivity index (χ2v) is 6.05. The number of hydrogen-bond donors (Lipinski definition) is 1. The Morgan fingerprint density at radius 3 is 2.50 bits per heavy atom. The second-order valence-electron chi connectivity index (χ2n) is 3.98. The number of benzene rings is 1. The Morgan fingerprint density at radius 2 is 2.00 bits per heavy atom. The van der Waals surface area contributed by atoms with Gasteiger partial charge in [-0.15, -0.1) is 0 Å². The number of rotatable bonds is 6. The molecule has 0 saturated carbocycles. The van der Waals surface area contributed by atoms with Crippen LogP contribution < -0.4 is 0 Å². The van der Waals surface area contributed by atoms with Crippen LogP contribution in [0.15, 0.2) is 23.1 Å². The van der Waals surface area contributed by atoms with Gasteiger partial charge in [0.15, 0.2) is 9.84 Å². The molecule has 1 aromatic carbocycles. The van der Waals surface area contributed by atoms with Crippen molar-refractivity contribution in [1.82, 2.24) is 0 Å². The molecule has 0 aromatic heterocycles. The molecular formula is C12H15FO4S. The van der Waals surface area contributed by atoms with Crippen molar-refractivity contribution in [2.45, 2.75) is 31.1 Å². The lowest BCUT2D eigenvalue weighted by atomic mass is 10.2. The maximum Gasteiger partial charge on any atom is 0.335 e. The maximum atomic E-state index is 13.6. The van der Waals surface area contributed by atoms with Crippen LogP contribution in [0, 0.1) is 5.82 Å². The molecule has 0 amide bonds. The Hall–Kier alpha value is -1.43. The molecule has 0 fully saturated rings. The standard InChI is InChI=1S/C12H15FO4S/c1-2-3-4-7-18(16,17)11-6-5-9(12(14)15)8-10(11)13/h5-6,8H,2-4,7H2,1H3,(H,14,15). The Labute approximate surface area is 105 Å². The van der Waals surface area contributed by atoms with Gasteiger partial charge in [0.05, 0.1) is 11.3 Å². The van der Waals surface area contributed by atoms with E-state index in [9.17, 15) is 17.6 Å². The molecule has 18 heavy (non-hydrogen) atoms. The fourth-order valence-electron chi connectivity index (χ4n) is 1.54. The van der Waals surface area contributed by atoms with Crippen LogP contribution in [-0.2, 0) is 9.84 Å². The molecule has 0 saturated heterocycles. The van der Waals surface area contributed by atoms with E-state index in [0.717, 1.165) is 31.0 Å². The third-order valence-electron chi connectivity index (χ3n) is 2.53. The zero-order chi connectivity index (χ0) is 13.8. The first kappa shape index (κ1) is 14.6. The van der Waals surface area contributed by atoms with Crippen molar-refractivity contribution < 1.29 is 22.7 Å². The van der Waals surface area contributed by atoms with Crippen LogP contribution in [0.1, 0.15) is 36.5 Å². The minimum absolute atomic E-state index is 0.121. The first-order chi connectivity index (χ1) is 8.38. The maximum absolute atomic E-state index is 13.6. The third kappa shape index (κ3) is 3.53. The molecule has 0 spiro atoms. The summed E-state index contributed by atoms with van der Waals surface area (Å²) in [4.78, 5) is 10.2. The number of halogens is 1. The van der Waals surface area contributed by atoms with E-state index in [2.05, 4.69) is 0 Å². The van der Waals surface area contributed by atoms with Gasteiger partial charge in [0.25, 0.3) is 0 Å². The lowest BCUT2D eigenvalue weighted by Gasteiger charge is -2.06. The van der Waals surface area contributed by atoms with Crippen molar-refractivity contribution >= 4 is 15.8 Å². The minimum atomic E-state index is -3.67. The molecule has 0 heterocycles. The summed E-state index contributed by atoms with van der Waals surface area (Å²) in [7, 11) is -3.67. The first-order valence-corrected chi connectivity index (χ1v) is 7.29. The average molecular weight is 274 g/mol. The Balaban J connectivity index is 2.99. The van der Waals surface area contributed by atoms with Gasteiger partial charge in [-0.05, 0) is 24.6 Å². The van der Waals surface area contributed by atoms with Crippen molar-refractivity contribution in [3.05, 3.63) is 29.6 Å². The summed E-state index contributed by atoms with van der Waals surface area (Å²) in [5.74, 6) is -2.42. The highest BCUT2D eigenvalue weighted by molar-refractivity contribution is 7.91. The molecule has 0 unspecified atom stereocenters. The Kier molecular flexibility index (Phi) is 4.84. The van der Waals surface area contributed by atoms with E-state index >= 15 is 0 Å². The first-order valence-electron chi connectivity index (χ1n) is 5.64. The van der Waals surface area contributed by atoms with Crippen molar-refractivity contribution in [1.29, 1.82) is 0 Å². The van der Waals surface area contributed by atoms with Crippen LogP contribution in [0.4, 0.5) is 4.39 Å². The summed E-state index contributed by atoms with van der Waals surface area (Å²) in [6, 6.07) is 2.84. The van der Waals surface area contributed by atoms with Crippen LogP contribution in [0.2, 0.25) is 0 Å². The quantitative estimate of drug-likeness (QED) is 0.809. The van der Waals surface area contributed by atoms with Gasteiger partial charge in [0.1, 0.15) is 10.7 Å². The summed E-state index contributed by atoms with van der Waals surface area (Å²) < 4.78 is 37.2. The van der Waals surface area contributed by atoms with Crippen LogP contribution in [0.5, 0.6) is 0 Å². The van der Waals surface area contributed by atoms with Crippen molar-refractivity contribution in [3.63, 3.8) is 0 Å². The van der Waals surface area contributed by atoms with E-state index in [1.165, 1.54) is 0 Å². The van der Waals surface area contributed by atoms with E-state index in [4.69, 9.17) is 5.11 Å². The number of carbonyl (C=O) groups is 1. The lowest BCUT2D eigenvalue weighted by molar-refractivity contribution is 0.0696. The number of carboxylic acid groups (broad SMARTS) is 1. The van der Waals surface area contributed by atoms with Crippen molar-refractivity contribution in [3.8, 4) is 0 Å². The monoisotopic (exact) mass is 274 g/mol. The summed E-state index contributed by atoms with van der Waals surface area (Å²) in [6.45, 7) is 1.94. The molecule has 0 aliphatic rings. The van der Waals surface area contributed by atoms with E-state index < -0.39 is 26.5 Å². The normalized spacial score (nSPS) is 11.4. The van der Waals surface area contributed by atoms with Crippen molar-refractivity contribution in [2.75, 3.05) is 5.75 Å². The van der Waals surface area contributed by atoms with Gasteiger partial charge in [-0.25, -0.2) is 17.6 Å². The zero-order valence-electron chi connectivity index (χ0n) is 10.0. The number of sulfone groups is 1. The average Bonchev–Trinajstić information content (AvgIpc) is 2.28. The van der Waals surface area contributed by atoms with Crippen LogP contribution in [-0.4, -0.2) is 25.2 Å². The second kappa shape index (κ2) is 5.95. The van der Waals surface area contributed by atoms with Gasteiger partial charge in [0.2, 0.25) is 0 Å². The molecule has 0 aliphatic carbocycles. The molecule has 4 nitrogen and oxygen atoms in total. The topological polar surface area (TPSA) is 71.4 Å². The summed E-state index contributed by atoms with van der Waals surface area (Å²) in [5, 5.41) is 8.66. The molecule has 0 aliphatic heterocycles. The van der Waals surface area contributed by atoms with Crippen LogP contribution in [0.3, 0.4) is 0 Å². The highest BCUT2D eigenvalue weighted by Gasteiger charge is 2.20. The predicted octanol–water partition coefficient (Wildman–Crippen LogP) is 2.49. The number of aromatic carboxylic acids is 1. The van der Waals surface area contributed by atoms with Crippen LogP contribution >= 0.6 is 0 Å². The van der Waals surface area contributed by atoms with Crippen molar-refractivity contribution in [2.24, 2.45) is 0 Å². The largest absolute Gasteiger partial charge is 0.478 e. The van der Waals surface area contributed by atoms with E-state index in [-0.39, 0.29) is 11.3 Å². The molecule has 0 radical (unpaired) electrons. The fraction of sp³-hybridized carbons (Fsp3) is 0.417. The zero-order valence-corrected chi connectivity index (χ0v) is 10.8. The minimum Gasteiger partial charge on any atom is -0.478 e. The van der Waals surface area contributed by atoms with Crippen LogP contribution in [0.25, 0.3) is 0 Å². The van der Waals surface area contributed by atoms with Gasteiger partial charge < -0.3 is 5.11 Å². The van der Waals surface area contributed by atoms with E-state index in [1.54, 1.807) is 0 Å². The fourth-order valence-corrected chi connectivity index (χ4v) is 2.97. The van der Waals surface area contributed by atoms with Gasteiger partial charge in [0, 0.05) is 0 Å². The molecule has 1 aromatic rings. The third-order valence-corrected chi connectivity index (χ3v) is 4.36. The Bertz CT molecular complexity index is 537. The van der Waals surface area contributed by atoms with Gasteiger partial charge >= 0.3 is 5.97 Å². The van der Waals surface area contributed by atoms with Gasteiger partial charge in [-0.2, -0.15) is 0 Å². The highest BCUT2D eigenvalue weighted by Crippen LogP contribution is 2.19. The molecule has 1 rings (SSSR count). The molecule has 0 atom stereocenters. The Morgan fingerprint density at radius 1 is 1.33 bits per heavy atom. The summed E-state index contributed by atoms with van der Waals surface area (Å²) in [6.07, 6.45) is 2.10. The lowest BCUT2D eigenvalue weighted by Crippen LogP contribution is -2.10. The SMILES string of the molecule is CCCCCS(=O)(=O)c1ccc(C(=O)O)cc1F. The number of carboxylic acids is 1. The number of hydrogen-bond acceptors (Lipinski definition) is 3. The van der Waals surface area contributed by atoms with E-state index in [0.29, 0.717) is 6.42 Å². The molecule has 100 valence electrons. The molecule has 0 bridgehead atoms. The predicted molar refractivity (Wildman–Crippen MR) is 64.9 cm³/mol. The smallest absolute Gasteiger partial charge is 0.335 e. The van der Waals surface area contributed by atoms with Gasteiger partial charge in [-0.3, -0.25) is 0 Å². The highest BCUT2D eigenvalue weighted by atomic mass is 32.2. The summed E-state index contributed by atoms with van der Waals surface area (Å²) >= 11 is 0. The van der Waals surface area contributed by atoms with E-state index in [1.807, 2.05) is 6.92 Å². The molecular weight excluding hydrogens is 259 g/mol. The van der Waals surface area contributed by atoms with Gasteiger partial charge in [-0.1, -0.05) is 19.8 Å². The summed E-state index contributed by atoms with van der Waals surface area (Å²) in [5.41, 5.74) is -0.264.